The highest BCUT2D eigenvalue weighted by Crippen LogP contribution is 2.24. The molecule has 3 heteroatoms. The van der Waals surface area contributed by atoms with Crippen LogP contribution in [0.25, 0.3) is 10.2 Å². The molecule has 0 amide bonds. The van der Waals surface area contributed by atoms with Crippen molar-refractivity contribution in [3.63, 3.8) is 0 Å². The van der Waals surface area contributed by atoms with E-state index in [0.29, 0.717) is 6.61 Å². The summed E-state index contributed by atoms with van der Waals surface area (Å²) in [6.45, 7) is 2.68. The first kappa shape index (κ1) is 12.2. The van der Waals surface area contributed by atoms with E-state index >= 15 is 0 Å². The zero-order valence-corrected chi connectivity index (χ0v) is 11.6. The molecule has 0 radical (unpaired) electrons. The number of aromatic nitrogens is 1. The lowest BCUT2D eigenvalue weighted by Crippen LogP contribution is -1.97. The Morgan fingerprint density at radius 3 is 2.68 bits per heavy atom. The summed E-state index contributed by atoms with van der Waals surface area (Å²) in [6, 6.07) is 16.4. The van der Waals surface area contributed by atoms with Crippen molar-refractivity contribution < 1.29 is 4.74 Å². The number of benzene rings is 2. The predicted octanol–water partition coefficient (Wildman–Crippen LogP) is 4.44. The first-order chi connectivity index (χ1) is 9.36. The molecule has 0 unspecified atom stereocenters. The summed E-state index contributed by atoms with van der Waals surface area (Å²) in [4.78, 5) is 4.58. The molecule has 2 nitrogen and oxygen atoms in total. The van der Waals surface area contributed by atoms with Crippen LogP contribution >= 0.6 is 11.3 Å². The summed E-state index contributed by atoms with van der Waals surface area (Å²) in [7, 11) is 0. The van der Waals surface area contributed by atoms with Gasteiger partial charge in [0.1, 0.15) is 17.4 Å². The number of hydrogen-bond donors (Lipinski definition) is 0. The number of ether oxygens (including phenoxy) is 1. The van der Waals surface area contributed by atoms with Crippen LogP contribution in [-0.2, 0) is 13.0 Å². The van der Waals surface area contributed by atoms with Crippen molar-refractivity contribution in [3.05, 3.63) is 59.1 Å². The molecule has 0 spiro atoms. The number of thiazole rings is 1. The van der Waals surface area contributed by atoms with E-state index in [-0.39, 0.29) is 0 Å². The van der Waals surface area contributed by atoms with Gasteiger partial charge in [0.2, 0.25) is 0 Å². The van der Waals surface area contributed by atoms with Crippen LogP contribution in [0.2, 0.25) is 0 Å². The zero-order chi connectivity index (χ0) is 13.1. The molecular formula is C16H15NOS. The molecule has 0 N–H and O–H groups in total. The van der Waals surface area contributed by atoms with Gasteiger partial charge in [0.05, 0.1) is 10.2 Å². The molecule has 19 heavy (non-hydrogen) atoms. The van der Waals surface area contributed by atoms with Crippen LogP contribution in [0.5, 0.6) is 5.75 Å². The molecule has 0 saturated heterocycles. The minimum Gasteiger partial charge on any atom is -0.486 e. The fraction of sp³-hybridized carbons (Fsp3) is 0.188. The van der Waals surface area contributed by atoms with Crippen LogP contribution in [0.15, 0.2) is 48.5 Å². The molecule has 3 aromatic rings. The average Bonchev–Trinajstić information content (AvgIpc) is 2.88. The van der Waals surface area contributed by atoms with Crippen LogP contribution in [0.1, 0.15) is 17.5 Å². The van der Waals surface area contributed by atoms with E-state index in [1.807, 2.05) is 36.4 Å². The second kappa shape index (κ2) is 5.41. The molecule has 1 aromatic heterocycles. The molecule has 3 rings (SSSR count). The highest BCUT2D eigenvalue weighted by Gasteiger charge is 2.05. The van der Waals surface area contributed by atoms with Gasteiger partial charge >= 0.3 is 0 Å². The summed E-state index contributed by atoms with van der Waals surface area (Å²) in [5.74, 6) is 0.962. The smallest absolute Gasteiger partial charge is 0.140 e. The van der Waals surface area contributed by atoms with Crippen molar-refractivity contribution >= 4 is 21.6 Å². The number of rotatable bonds is 4. The normalized spacial score (nSPS) is 10.8. The molecule has 0 aliphatic heterocycles. The number of aryl methyl sites for hydroxylation is 1. The molecule has 0 aliphatic carbocycles. The maximum atomic E-state index is 5.89. The first-order valence-electron chi connectivity index (χ1n) is 6.42. The minimum absolute atomic E-state index is 0.538. The molecule has 0 saturated carbocycles. The molecule has 1 heterocycles. The Bertz CT molecular complexity index is 657. The van der Waals surface area contributed by atoms with Gasteiger partial charge in [0, 0.05) is 0 Å². The fourth-order valence-corrected chi connectivity index (χ4v) is 2.94. The van der Waals surface area contributed by atoms with Gasteiger partial charge in [-0.15, -0.1) is 11.3 Å². The standard InChI is InChI=1S/C16H15NOS/c1-2-12-7-3-5-9-14(12)18-11-16-17-13-8-4-6-10-15(13)19-16/h3-10H,2,11H2,1H3. The Morgan fingerprint density at radius 1 is 1.05 bits per heavy atom. The predicted molar refractivity (Wildman–Crippen MR) is 79.8 cm³/mol. The Balaban J connectivity index is 1.78. The van der Waals surface area contributed by atoms with Crippen molar-refractivity contribution in [1.82, 2.24) is 4.98 Å². The lowest BCUT2D eigenvalue weighted by Gasteiger charge is -2.08. The quantitative estimate of drug-likeness (QED) is 0.698. The number of fused-ring (bicyclic) bond motifs is 1. The maximum Gasteiger partial charge on any atom is 0.140 e. The van der Waals surface area contributed by atoms with Gasteiger partial charge in [-0.3, -0.25) is 0 Å². The van der Waals surface area contributed by atoms with Crippen molar-refractivity contribution in [2.75, 3.05) is 0 Å². The average molecular weight is 269 g/mol. The Morgan fingerprint density at radius 2 is 1.84 bits per heavy atom. The third kappa shape index (κ3) is 2.61. The van der Waals surface area contributed by atoms with Crippen LogP contribution in [-0.4, -0.2) is 4.98 Å². The van der Waals surface area contributed by atoms with Crippen LogP contribution in [0.3, 0.4) is 0 Å². The van der Waals surface area contributed by atoms with E-state index in [0.717, 1.165) is 22.7 Å². The SMILES string of the molecule is CCc1ccccc1OCc1nc2ccccc2s1. The van der Waals surface area contributed by atoms with E-state index in [2.05, 4.69) is 24.0 Å². The first-order valence-corrected chi connectivity index (χ1v) is 7.23. The number of hydrogen-bond acceptors (Lipinski definition) is 3. The minimum atomic E-state index is 0.538. The number of para-hydroxylation sites is 2. The summed E-state index contributed by atoms with van der Waals surface area (Å²) >= 11 is 1.69. The molecule has 0 fully saturated rings. The summed E-state index contributed by atoms with van der Waals surface area (Å²) in [5, 5.41) is 1.02. The van der Waals surface area contributed by atoms with Crippen LogP contribution < -0.4 is 4.74 Å². The van der Waals surface area contributed by atoms with E-state index in [1.165, 1.54) is 10.3 Å². The summed E-state index contributed by atoms with van der Waals surface area (Å²) < 4.78 is 7.10. The zero-order valence-electron chi connectivity index (χ0n) is 10.8. The van der Waals surface area contributed by atoms with E-state index in [1.54, 1.807) is 11.3 Å². The van der Waals surface area contributed by atoms with Gasteiger partial charge in [-0.25, -0.2) is 4.98 Å². The second-order valence-corrected chi connectivity index (χ2v) is 5.44. The van der Waals surface area contributed by atoms with Gasteiger partial charge in [0.25, 0.3) is 0 Å². The van der Waals surface area contributed by atoms with Crippen molar-refractivity contribution in [2.45, 2.75) is 20.0 Å². The Kier molecular flexibility index (Phi) is 3.47. The number of nitrogens with zero attached hydrogens (tertiary/aromatic N) is 1. The molecule has 0 atom stereocenters. The maximum absolute atomic E-state index is 5.89. The van der Waals surface area contributed by atoms with Crippen molar-refractivity contribution in [3.8, 4) is 5.75 Å². The third-order valence-corrected chi connectivity index (χ3v) is 4.05. The van der Waals surface area contributed by atoms with E-state index < -0.39 is 0 Å². The highest BCUT2D eigenvalue weighted by atomic mass is 32.1. The van der Waals surface area contributed by atoms with Crippen molar-refractivity contribution in [2.24, 2.45) is 0 Å². The molecule has 0 bridgehead atoms. The lowest BCUT2D eigenvalue weighted by molar-refractivity contribution is 0.303. The molecule has 96 valence electrons. The molecule has 0 aliphatic rings. The van der Waals surface area contributed by atoms with E-state index in [9.17, 15) is 0 Å². The topological polar surface area (TPSA) is 22.1 Å². The largest absolute Gasteiger partial charge is 0.486 e. The van der Waals surface area contributed by atoms with Gasteiger partial charge in [-0.2, -0.15) is 0 Å². The fourth-order valence-electron chi connectivity index (χ4n) is 2.06. The lowest BCUT2D eigenvalue weighted by atomic mass is 10.1. The van der Waals surface area contributed by atoms with Gasteiger partial charge < -0.3 is 4.74 Å². The second-order valence-electron chi connectivity index (χ2n) is 4.33. The molecule has 2 aromatic carbocycles. The Hall–Kier alpha value is -1.87. The molecular weight excluding hydrogens is 254 g/mol. The summed E-state index contributed by atoms with van der Waals surface area (Å²) in [6.07, 6.45) is 0.982. The summed E-state index contributed by atoms with van der Waals surface area (Å²) in [5.41, 5.74) is 2.29. The van der Waals surface area contributed by atoms with Gasteiger partial charge in [-0.05, 0) is 30.2 Å². The Labute approximate surface area is 116 Å². The highest BCUT2D eigenvalue weighted by molar-refractivity contribution is 7.18. The van der Waals surface area contributed by atoms with Crippen molar-refractivity contribution in [1.29, 1.82) is 0 Å². The van der Waals surface area contributed by atoms with Gasteiger partial charge in [0.15, 0.2) is 0 Å². The van der Waals surface area contributed by atoms with Gasteiger partial charge in [-0.1, -0.05) is 37.3 Å². The third-order valence-electron chi connectivity index (χ3n) is 3.04. The van der Waals surface area contributed by atoms with Crippen LogP contribution in [0, 0.1) is 0 Å². The monoisotopic (exact) mass is 269 g/mol. The van der Waals surface area contributed by atoms with E-state index in [4.69, 9.17) is 4.74 Å². The van der Waals surface area contributed by atoms with Crippen LogP contribution in [0.4, 0.5) is 0 Å².